The minimum absolute atomic E-state index is 0. The lowest BCUT2D eigenvalue weighted by atomic mass is 9.71. The van der Waals surface area contributed by atoms with Crippen molar-refractivity contribution < 1.29 is 14.3 Å². The Labute approximate surface area is 174 Å². The van der Waals surface area contributed by atoms with Gasteiger partial charge < -0.3 is 20.7 Å². The molecule has 1 saturated carbocycles. The summed E-state index contributed by atoms with van der Waals surface area (Å²) in [4.78, 5) is 26.3. The second-order valence-corrected chi connectivity index (χ2v) is 7.37. The van der Waals surface area contributed by atoms with Crippen LogP contribution in [0.4, 0.5) is 5.69 Å². The monoisotopic (exact) mass is 411 g/mol. The summed E-state index contributed by atoms with van der Waals surface area (Å²) < 4.78 is 5.60. The van der Waals surface area contributed by atoms with Gasteiger partial charge in [0.25, 0.3) is 5.91 Å². The Kier molecular flexibility index (Phi) is 10.3. The molecule has 1 aromatic rings. The van der Waals surface area contributed by atoms with Gasteiger partial charge >= 0.3 is 0 Å². The fourth-order valence-corrected chi connectivity index (χ4v) is 3.78. The lowest BCUT2D eigenvalue weighted by molar-refractivity contribution is -0.133. The van der Waals surface area contributed by atoms with Gasteiger partial charge in [-0.1, -0.05) is 25.3 Å². The number of nitrogens with zero attached hydrogens (tertiary/aromatic N) is 1. The molecule has 2 rings (SSSR count). The van der Waals surface area contributed by atoms with Gasteiger partial charge in [0.1, 0.15) is 5.75 Å². The Bertz CT molecular complexity index is 629. The van der Waals surface area contributed by atoms with Crippen molar-refractivity contribution >= 4 is 29.9 Å². The number of ether oxygens (including phenoxy) is 1. The third-order valence-electron chi connectivity index (χ3n) is 5.48. The van der Waals surface area contributed by atoms with Crippen LogP contribution in [-0.2, 0) is 9.59 Å². The Morgan fingerprint density at radius 3 is 2.46 bits per heavy atom. The van der Waals surface area contributed by atoms with Crippen LogP contribution in [0.25, 0.3) is 0 Å². The average molecular weight is 412 g/mol. The summed E-state index contributed by atoms with van der Waals surface area (Å²) >= 11 is 0. The number of carbonyl (C=O) groups excluding carboxylic acids is 2. The number of nitrogens with one attached hydrogen (secondary N) is 1. The fourth-order valence-electron chi connectivity index (χ4n) is 3.78. The number of rotatable bonds is 9. The number of hydrogen-bond acceptors (Lipinski definition) is 4. The van der Waals surface area contributed by atoms with Crippen molar-refractivity contribution in [3.8, 4) is 5.75 Å². The number of nitrogens with two attached hydrogens (primary N) is 1. The molecule has 7 heteroatoms. The molecule has 1 aromatic carbocycles. The van der Waals surface area contributed by atoms with Gasteiger partial charge in [-0.25, -0.2) is 0 Å². The first kappa shape index (κ1) is 24.2. The van der Waals surface area contributed by atoms with Crippen LogP contribution in [-0.4, -0.2) is 43.0 Å². The van der Waals surface area contributed by atoms with Gasteiger partial charge in [0, 0.05) is 31.3 Å². The molecule has 0 saturated heterocycles. The number of carbonyl (C=O) groups is 2. The van der Waals surface area contributed by atoms with E-state index in [1.54, 1.807) is 17.0 Å². The topological polar surface area (TPSA) is 84.7 Å². The first-order valence-electron chi connectivity index (χ1n) is 10.0. The highest BCUT2D eigenvalue weighted by Gasteiger charge is 2.32. The van der Waals surface area contributed by atoms with Crippen LogP contribution in [0, 0.1) is 5.41 Å². The molecule has 1 fully saturated rings. The standard InChI is InChI=1S/C21H33N3O3.ClH/c1-3-24(4-2)20(26)15-27-18-10-8-9-17(13-18)23-19(25)14-21(16-22)11-6-5-7-12-21;/h8-10,13H,3-7,11-12,14-16,22H2,1-2H3,(H,23,25);1H. The highest BCUT2D eigenvalue weighted by Crippen LogP contribution is 2.38. The largest absolute Gasteiger partial charge is 0.484 e. The molecule has 0 heterocycles. The van der Waals surface area contributed by atoms with Crippen LogP contribution in [0.15, 0.2) is 24.3 Å². The maximum Gasteiger partial charge on any atom is 0.260 e. The molecule has 0 spiro atoms. The molecule has 0 radical (unpaired) electrons. The van der Waals surface area contributed by atoms with E-state index in [0.717, 1.165) is 25.7 Å². The Balaban J connectivity index is 0.00000392. The maximum atomic E-state index is 12.5. The first-order valence-corrected chi connectivity index (χ1v) is 10.0. The van der Waals surface area contributed by atoms with Crippen molar-refractivity contribution in [2.24, 2.45) is 11.1 Å². The molecule has 0 aromatic heterocycles. The third-order valence-corrected chi connectivity index (χ3v) is 5.48. The van der Waals surface area contributed by atoms with E-state index in [1.165, 1.54) is 6.42 Å². The molecule has 6 nitrogen and oxygen atoms in total. The van der Waals surface area contributed by atoms with Crippen molar-refractivity contribution in [1.82, 2.24) is 4.90 Å². The first-order chi connectivity index (χ1) is 13.0. The Morgan fingerprint density at radius 2 is 1.86 bits per heavy atom. The summed E-state index contributed by atoms with van der Waals surface area (Å²) in [5, 5.41) is 2.95. The quantitative estimate of drug-likeness (QED) is 0.650. The van der Waals surface area contributed by atoms with Crippen LogP contribution < -0.4 is 15.8 Å². The molecule has 0 aliphatic heterocycles. The van der Waals surface area contributed by atoms with E-state index in [1.807, 2.05) is 26.0 Å². The molecule has 1 aliphatic carbocycles. The van der Waals surface area contributed by atoms with Crippen LogP contribution >= 0.6 is 12.4 Å². The summed E-state index contributed by atoms with van der Waals surface area (Å²) in [6.45, 7) is 5.76. The van der Waals surface area contributed by atoms with Gasteiger partial charge in [0.2, 0.25) is 5.91 Å². The van der Waals surface area contributed by atoms with Gasteiger partial charge in [0.15, 0.2) is 6.61 Å². The lowest BCUT2D eigenvalue weighted by Crippen LogP contribution is -2.36. The maximum absolute atomic E-state index is 12.5. The number of amides is 2. The van der Waals surface area contributed by atoms with Gasteiger partial charge in [-0.3, -0.25) is 9.59 Å². The third kappa shape index (κ3) is 6.99. The van der Waals surface area contributed by atoms with Crippen molar-refractivity contribution in [2.45, 2.75) is 52.4 Å². The van der Waals surface area contributed by atoms with Gasteiger partial charge in [-0.2, -0.15) is 0 Å². The summed E-state index contributed by atoms with van der Waals surface area (Å²) in [5.41, 5.74) is 6.60. The molecule has 0 unspecified atom stereocenters. The predicted octanol–water partition coefficient (Wildman–Crippen LogP) is 3.59. The van der Waals surface area contributed by atoms with Crippen molar-refractivity contribution in [3.63, 3.8) is 0 Å². The number of halogens is 1. The minimum atomic E-state index is -0.0629. The molecule has 2 amide bonds. The van der Waals surface area contributed by atoms with Crippen molar-refractivity contribution in [2.75, 3.05) is 31.6 Å². The molecule has 3 N–H and O–H groups in total. The average Bonchev–Trinajstić information content (AvgIpc) is 2.68. The van der Waals surface area contributed by atoms with Gasteiger partial charge in [-0.05, 0) is 50.8 Å². The van der Waals surface area contributed by atoms with Crippen LogP contribution in [0.1, 0.15) is 52.4 Å². The fraction of sp³-hybridized carbons (Fsp3) is 0.619. The van der Waals surface area contributed by atoms with E-state index in [0.29, 0.717) is 37.5 Å². The zero-order valence-electron chi connectivity index (χ0n) is 17.0. The highest BCUT2D eigenvalue weighted by atomic mass is 35.5. The Hall–Kier alpha value is -1.79. The molecular formula is C21H34ClN3O3. The number of benzene rings is 1. The minimum Gasteiger partial charge on any atom is -0.484 e. The second-order valence-electron chi connectivity index (χ2n) is 7.37. The number of hydrogen-bond donors (Lipinski definition) is 2. The summed E-state index contributed by atoms with van der Waals surface area (Å²) in [6.07, 6.45) is 6.02. The molecule has 0 bridgehead atoms. The van der Waals surface area contributed by atoms with E-state index in [4.69, 9.17) is 10.5 Å². The van der Waals surface area contributed by atoms with Gasteiger partial charge in [-0.15, -0.1) is 12.4 Å². The van der Waals surface area contributed by atoms with Crippen LogP contribution in [0.5, 0.6) is 5.75 Å². The summed E-state index contributed by atoms with van der Waals surface area (Å²) in [7, 11) is 0. The van der Waals surface area contributed by atoms with E-state index < -0.39 is 0 Å². The van der Waals surface area contributed by atoms with Gasteiger partial charge in [0.05, 0.1) is 0 Å². The molecule has 28 heavy (non-hydrogen) atoms. The molecule has 0 atom stereocenters. The molecule has 158 valence electrons. The SMILES string of the molecule is CCN(CC)C(=O)COc1cccc(NC(=O)CC2(CN)CCCCC2)c1.Cl. The van der Waals surface area contributed by atoms with E-state index in [-0.39, 0.29) is 36.2 Å². The zero-order chi connectivity index (χ0) is 19.7. The molecular weight excluding hydrogens is 378 g/mol. The van der Waals surface area contributed by atoms with Crippen molar-refractivity contribution in [1.29, 1.82) is 0 Å². The number of anilines is 1. The zero-order valence-corrected chi connectivity index (χ0v) is 17.9. The normalized spacial score (nSPS) is 15.2. The van der Waals surface area contributed by atoms with Crippen LogP contribution in [0.2, 0.25) is 0 Å². The van der Waals surface area contributed by atoms with Crippen molar-refractivity contribution in [3.05, 3.63) is 24.3 Å². The highest BCUT2D eigenvalue weighted by molar-refractivity contribution is 5.91. The second kappa shape index (κ2) is 11.9. The van der Waals surface area contributed by atoms with E-state index in [2.05, 4.69) is 5.32 Å². The Morgan fingerprint density at radius 1 is 1.18 bits per heavy atom. The predicted molar refractivity (Wildman–Crippen MR) is 115 cm³/mol. The van der Waals surface area contributed by atoms with E-state index in [9.17, 15) is 9.59 Å². The summed E-state index contributed by atoms with van der Waals surface area (Å²) in [5.74, 6) is 0.509. The van der Waals surface area contributed by atoms with E-state index >= 15 is 0 Å². The smallest absolute Gasteiger partial charge is 0.260 e. The van der Waals surface area contributed by atoms with Crippen LogP contribution in [0.3, 0.4) is 0 Å². The molecule has 1 aliphatic rings. The lowest BCUT2D eigenvalue weighted by Gasteiger charge is -2.35. The summed E-state index contributed by atoms with van der Waals surface area (Å²) in [6, 6.07) is 7.18. The number of likely N-dealkylation sites (N-methyl/N-ethyl adjacent to an activating group) is 1.